The van der Waals surface area contributed by atoms with Gasteiger partial charge in [-0.3, -0.25) is 9.59 Å². The van der Waals surface area contributed by atoms with Crippen molar-refractivity contribution in [2.24, 2.45) is 0 Å². The molecule has 1 aromatic carbocycles. The van der Waals surface area contributed by atoms with Gasteiger partial charge in [-0.1, -0.05) is 0 Å². The SMILES string of the molecule is CNC(=O)C[NH+]1CCN(C(=O)CSc2ccc(F)cc2F)CC1. The maximum atomic E-state index is 13.5. The van der Waals surface area contributed by atoms with Crippen molar-refractivity contribution in [3.05, 3.63) is 29.8 Å². The van der Waals surface area contributed by atoms with Crippen molar-refractivity contribution in [2.45, 2.75) is 4.90 Å². The molecule has 1 aromatic rings. The Hall–Kier alpha value is -1.67. The minimum atomic E-state index is -0.650. The summed E-state index contributed by atoms with van der Waals surface area (Å²) in [6, 6.07) is 3.33. The Morgan fingerprint density at radius 1 is 1.30 bits per heavy atom. The molecule has 1 fully saturated rings. The fraction of sp³-hybridized carbons (Fsp3) is 0.467. The fourth-order valence-electron chi connectivity index (χ4n) is 2.39. The highest BCUT2D eigenvalue weighted by atomic mass is 32.2. The number of hydrogen-bond donors (Lipinski definition) is 2. The van der Waals surface area contributed by atoms with Crippen molar-refractivity contribution >= 4 is 23.6 Å². The first-order valence-corrected chi connectivity index (χ1v) is 8.38. The van der Waals surface area contributed by atoms with E-state index in [0.717, 1.165) is 35.8 Å². The predicted octanol–water partition coefficient (Wildman–Crippen LogP) is -0.470. The lowest BCUT2D eigenvalue weighted by Crippen LogP contribution is -3.15. The number of nitrogens with zero attached hydrogens (tertiary/aromatic N) is 1. The summed E-state index contributed by atoms with van der Waals surface area (Å²) < 4.78 is 26.4. The van der Waals surface area contributed by atoms with Crippen molar-refractivity contribution in [3.63, 3.8) is 0 Å². The summed E-state index contributed by atoms with van der Waals surface area (Å²) in [5, 5.41) is 2.59. The molecule has 5 nitrogen and oxygen atoms in total. The molecule has 0 unspecified atom stereocenters. The zero-order chi connectivity index (χ0) is 16.8. The molecule has 2 amide bonds. The largest absolute Gasteiger partial charge is 0.354 e. The van der Waals surface area contributed by atoms with E-state index in [1.54, 1.807) is 11.9 Å². The van der Waals surface area contributed by atoms with Gasteiger partial charge in [-0.25, -0.2) is 8.78 Å². The molecule has 2 N–H and O–H groups in total. The summed E-state index contributed by atoms with van der Waals surface area (Å²) in [7, 11) is 1.60. The maximum Gasteiger partial charge on any atom is 0.274 e. The van der Waals surface area contributed by atoms with Crippen molar-refractivity contribution in [2.75, 3.05) is 45.5 Å². The minimum absolute atomic E-state index is 0.0119. The van der Waals surface area contributed by atoms with Gasteiger partial charge in [0.2, 0.25) is 5.91 Å². The number of rotatable bonds is 5. The first kappa shape index (κ1) is 17.7. The maximum absolute atomic E-state index is 13.5. The molecule has 0 bridgehead atoms. The van der Waals surface area contributed by atoms with Gasteiger partial charge in [0.05, 0.1) is 31.9 Å². The number of amides is 2. The standard InChI is InChI=1S/C15H19F2N3O2S/c1-18-14(21)9-19-4-6-20(7-5-19)15(22)10-23-13-3-2-11(16)8-12(13)17/h2-3,8H,4-7,9-10H2,1H3,(H,18,21)/p+1. The number of likely N-dealkylation sites (N-methyl/N-ethyl adjacent to an activating group) is 1. The van der Waals surface area contributed by atoms with Crippen LogP contribution < -0.4 is 10.2 Å². The van der Waals surface area contributed by atoms with Gasteiger partial charge in [0.25, 0.3) is 5.91 Å². The summed E-state index contributed by atoms with van der Waals surface area (Å²) >= 11 is 1.07. The zero-order valence-electron chi connectivity index (χ0n) is 12.9. The van der Waals surface area contributed by atoms with Gasteiger partial charge in [0.15, 0.2) is 6.54 Å². The van der Waals surface area contributed by atoms with Crippen LogP contribution in [0.15, 0.2) is 23.1 Å². The molecule has 8 heteroatoms. The molecule has 1 aliphatic heterocycles. The smallest absolute Gasteiger partial charge is 0.274 e. The second kappa shape index (κ2) is 8.26. The van der Waals surface area contributed by atoms with E-state index in [0.29, 0.717) is 19.6 Å². The van der Waals surface area contributed by atoms with E-state index < -0.39 is 11.6 Å². The number of piperazine rings is 1. The van der Waals surface area contributed by atoms with Crippen molar-refractivity contribution in [1.29, 1.82) is 0 Å². The van der Waals surface area contributed by atoms with Gasteiger partial charge in [-0.15, -0.1) is 11.8 Å². The van der Waals surface area contributed by atoms with Gasteiger partial charge in [-0.2, -0.15) is 0 Å². The van der Waals surface area contributed by atoms with Crippen molar-refractivity contribution < 1.29 is 23.3 Å². The Bertz CT molecular complexity index is 578. The first-order chi connectivity index (χ1) is 11.0. The van der Waals surface area contributed by atoms with E-state index in [1.807, 2.05) is 0 Å². The van der Waals surface area contributed by atoms with E-state index in [4.69, 9.17) is 0 Å². The highest BCUT2D eigenvalue weighted by molar-refractivity contribution is 8.00. The van der Waals surface area contributed by atoms with E-state index >= 15 is 0 Å². The van der Waals surface area contributed by atoms with Crippen LogP contribution in [-0.2, 0) is 9.59 Å². The van der Waals surface area contributed by atoms with Gasteiger partial charge < -0.3 is 15.1 Å². The topological polar surface area (TPSA) is 53.9 Å². The van der Waals surface area contributed by atoms with Crippen LogP contribution >= 0.6 is 11.8 Å². The van der Waals surface area contributed by atoms with Crippen LogP contribution in [0.2, 0.25) is 0 Å². The van der Waals surface area contributed by atoms with Crippen LogP contribution in [-0.4, -0.2) is 62.2 Å². The monoisotopic (exact) mass is 344 g/mol. The summed E-state index contributed by atoms with van der Waals surface area (Å²) in [5.41, 5.74) is 0. The second-order valence-corrected chi connectivity index (χ2v) is 6.36. The number of nitrogens with one attached hydrogen (secondary N) is 2. The lowest BCUT2D eigenvalue weighted by molar-refractivity contribution is -0.896. The highest BCUT2D eigenvalue weighted by Gasteiger charge is 2.25. The lowest BCUT2D eigenvalue weighted by atomic mass is 10.3. The van der Waals surface area contributed by atoms with E-state index in [-0.39, 0.29) is 22.5 Å². The first-order valence-electron chi connectivity index (χ1n) is 7.39. The molecule has 0 spiro atoms. The Morgan fingerprint density at radius 2 is 2.00 bits per heavy atom. The fourth-order valence-corrected chi connectivity index (χ4v) is 3.21. The molecule has 23 heavy (non-hydrogen) atoms. The van der Waals surface area contributed by atoms with Gasteiger partial charge in [0, 0.05) is 18.0 Å². The number of thioether (sulfide) groups is 1. The van der Waals surface area contributed by atoms with E-state index in [9.17, 15) is 18.4 Å². The normalized spacial score (nSPS) is 15.5. The van der Waals surface area contributed by atoms with Crippen LogP contribution in [0.1, 0.15) is 0 Å². The average molecular weight is 344 g/mol. The lowest BCUT2D eigenvalue weighted by Gasteiger charge is -2.31. The molecule has 0 radical (unpaired) electrons. The van der Waals surface area contributed by atoms with Crippen LogP contribution in [0.5, 0.6) is 0 Å². The van der Waals surface area contributed by atoms with Crippen LogP contribution in [0.4, 0.5) is 8.78 Å². The van der Waals surface area contributed by atoms with Gasteiger partial charge in [-0.05, 0) is 12.1 Å². The Morgan fingerprint density at radius 3 is 2.61 bits per heavy atom. The number of halogens is 2. The zero-order valence-corrected chi connectivity index (χ0v) is 13.7. The number of quaternary nitrogens is 1. The van der Waals surface area contributed by atoms with E-state index in [2.05, 4.69) is 5.32 Å². The second-order valence-electron chi connectivity index (χ2n) is 5.34. The molecule has 126 valence electrons. The molecule has 0 aromatic heterocycles. The number of benzene rings is 1. The van der Waals surface area contributed by atoms with E-state index in [1.165, 1.54) is 12.1 Å². The summed E-state index contributed by atoms with van der Waals surface area (Å²) in [4.78, 5) is 26.6. The van der Waals surface area contributed by atoms with Crippen molar-refractivity contribution in [1.82, 2.24) is 10.2 Å². The summed E-state index contributed by atoms with van der Waals surface area (Å²) in [5.74, 6) is -1.25. The molecular formula is C15H20F2N3O2S+. The molecular weight excluding hydrogens is 324 g/mol. The number of hydrogen-bond acceptors (Lipinski definition) is 3. The predicted molar refractivity (Wildman–Crippen MR) is 83.3 cm³/mol. The Labute approximate surface area is 138 Å². The molecule has 0 saturated carbocycles. The van der Waals surface area contributed by atoms with Crippen molar-refractivity contribution in [3.8, 4) is 0 Å². The molecule has 1 heterocycles. The molecule has 0 aliphatic carbocycles. The Kier molecular flexibility index (Phi) is 6.35. The quantitative estimate of drug-likeness (QED) is 0.710. The Balaban J connectivity index is 1.78. The van der Waals surface area contributed by atoms with Crippen LogP contribution in [0.25, 0.3) is 0 Å². The highest BCUT2D eigenvalue weighted by Crippen LogP contribution is 2.22. The third-order valence-electron chi connectivity index (χ3n) is 3.76. The van der Waals surface area contributed by atoms with Gasteiger partial charge >= 0.3 is 0 Å². The van der Waals surface area contributed by atoms with Crippen LogP contribution in [0, 0.1) is 11.6 Å². The summed E-state index contributed by atoms with van der Waals surface area (Å²) in [6.07, 6.45) is 0. The van der Waals surface area contributed by atoms with Crippen LogP contribution in [0.3, 0.4) is 0 Å². The molecule has 1 saturated heterocycles. The average Bonchev–Trinajstić information content (AvgIpc) is 2.54. The number of carbonyl (C=O) groups excluding carboxylic acids is 2. The number of carbonyl (C=O) groups is 2. The third-order valence-corrected chi connectivity index (χ3v) is 4.79. The minimum Gasteiger partial charge on any atom is -0.354 e. The molecule has 1 aliphatic rings. The molecule has 2 rings (SSSR count). The molecule has 0 atom stereocenters. The van der Waals surface area contributed by atoms with Gasteiger partial charge in [0.1, 0.15) is 11.6 Å². The summed E-state index contributed by atoms with van der Waals surface area (Å²) in [6.45, 7) is 3.01. The third kappa shape index (κ3) is 5.18.